The number of hydrogen-bond donors (Lipinski definition) is 2. The Bertz CT molecular complexity index is 468. The van der Waals surface area contributed by atoms with Crippen molar-refractivity contribution in [3.8, 4) is 0 Å². The Balaban J connectivity index is 1.56. The highest BCUT2D eigenvalue weighted by molar-refractivity contribution is 5.94. The molecule has 2 atom stereocenters. The molecule has 1 saturated carbocycles. The van der Waals surface area contributed by atoms with Gasteiger partial charge in [0, 0.05) is 29.9 Å². The van der Waals surface area contributed by atoms with Crippen LogP contribution in [0.25, 0.3) is 0 Å². The van der Waals surface area contributed by atoms with E-state index in [1.807, 2.05) is 24.3 Å². The second-order valence-corrected chi connectivity index (χ2v) is 5.87. The second-order valence-electron chi connectivity index (χ2n) is 5.87. The molecular formula is C16H22N2O2. The molecule has 1 saturated heterocycles. The molecule has 0 radical (unpaired) electrons. The average molecular weight is 274 g/mol. The lowest BCUT2D eigenvalue weighted by Gasteiger charge is -2.28. The Morgan fingerprint density at radius 2 is 1.90 bits per heavy atom. The molecule has 0 spiro atoms. The molecule has 3 rings (SSSR count). The van der Waals surface area contributed by atoms with E-state index in [0.29, 0.717) is 18.2 Å². The van der Waals surface area contributed by atoms with Gasteiger partial charge in [-0.1, -0.05) is 0 Å². The molecule has 1 aromatic carbocycles. The van der Waals surface area contributed by atoms with Crippen molar-refractivity contribution in [2.45, 2.75) is 50.8 Å². The number of nitrogens with one attached hydrogen (secondary N) is 2. The molecule has 1 aliphatic heterocycles. The fourth-order valence-corrected chi connectivity index (χ4v) is 2.58. The quantitative estimate of drug-likeness (QED) is 0.887. The highest BCUT2D eigenvalue weighted by atomic mass is 16.5. The summed E-state index contributed by atoms with van der Waals surface area (Å²) in [5.41, 5.74) is 1.81. The summed E-state index contributed by atoms with van der Waals surface area (Å²) in [5, 5.41) is 6.52. The predicted molar refractivity (Wildman–Crippen MR) is 79.0 cm³/mol. The lowest BCUT2D eigenvalue weighted by atomic mass is 10.0. The Kier molecular flexibility index (Phi) is 3.92. The van der Waals surface area contributed by atoms with Crippen LogP contribution in [0.3, 0.4) is 0 Å². The van der Waals surface area contributed by atoms with Crippen LogP contribution in [-0.2, 0) is 4.74 Å². The summed E-state index contributed by atoms with van der Waals surface area (Å²) in [7, 11) is 0. The first-order chi connectivity index (χ1) is 9.70. The van der Waals surface area contributed by atoms with Crippen LogP contribution in [0.15, 0.2) is 24.3 Å². The Labute approximate surface area is 119 Å². The molecular weight excluding hydrogens is 252 g/mol. The van der Waals surface area contributed by atoms with E-state index in [-0.39, 0.29) is 5.91 Å². The normalized spacial score (nSPS) is 26.1. The summed E-state index contributed by atoms with van der Waals surface area (Å²) < 4.78 is 5.55. The van der Waals surface area contributed by atoms with E-state index in [1.165, 1.54) is 0 Å². The van der Waals surface area contributed by atoms with Crippen molar-refractivity contribution >= 4 is 11.6 Å². The van der Waals surface area contributed by atoms with Crippen LogP contribution in [0.5, 0.6) is 0 Å². The van der Waals surface area contributed by atoms with E-state index in [1.54, 1.807) is 0 Å². The van der Waals surface area contributed by atoms with E-state index in [2.05, 4.69) is 17.6 Å². The van der Waals surface area contributed by atoms with Gasteiger partial charge >= 0.3 is 0 Å². The summed E-state index contributed by atoms with van der Waals surface area (Å²) in [6, 6.07) is 8.63. The minimum atomic E-state index is 0.0405. The summed E-state index contributed by atoms with van der Waals surface area (Å²) in [5.74, 6) is 0.0405. The predicted octanol–water partition coefficient (Wildman–Crippen LogP) is 2.56. The Morgan fingerprint density at radius 3 is 2.55 bits per heavy atom. The summed E-state index contributed by atoms with van der Waals surface area (Å²) in [6.45, 7) is 2.93. The van der Waals surface area contributed by atoms with Crippen LogP contribution < -0.4 is 10.6 Å². The van der Waals surface area contributed by atoms with Gasteiger partial charge < -0.3 is 15.4 Å². The maximum absolute atomic E-state index is 11.9. The molecule has 20 heavy (non-hydrogen) atoms. The summed E-state index contributed by atoms with van der Waals surface area (Å²) >= 11 is 0. The van der Waals surface area contributed by atoms with Gasteiger partial charge in [-0.15, -0.1) is 0 Å². The van der Waals surface area contributed by atoms with Crippen molar-refractivity contribution in [1.82, 2.24) is 5.32 Å². The largest absolute Gasteiger partial charge is 0.382 e. The van der Waals surface area contributed by atoms with Crippen molar-refractivity contribution in [3.63, 3.8) is 0 Å². The Morgan fingerprint density at radius 1 is 1.15 bits per heavy atom. The summed E-state index contributed by atoms with van der Waals surface area (Å²) in [6.07, 6.45) is 4.63. The maximum Gasteiger partial charge on any atom is 0.251 e. The maximum atomic E-state index is 11.9. The second kappa shape index (κ2) is 5.83. The van der Waals surface area contributed by atoms with Crippen LogP contribution in [0.2, 0.25) is 0 Å². The molecule has 1 heterocycles. The number of amides is 1. The third kappa shape index (κ3) is 3.51. The van der Waals surface area contributed by atoms with Crippen LogP contribution in [0.4, 0.5) is 5.69 Å². The number of rotatable bonds is 4. The molecule has 2 fully saturated rings. The molecule has 108 valence electrons. The Hall–Kier alpha value is -1.55. The lowest BCUT2D eigenvalue weighted by Crippen LogP contribution is -2.32. The first kappa shape index (κ1) is 13.4. The van der Waals surface area contributed by atoms with Gasteiger partial charge in [-0.3, -0.25) is 4.79 Å². The highest BCUT2D eigenvalue weighted by Gasteiger charge is 2.23. The summed E-state index contributed by atoms with van der Waals surface area (Å²) in [4.78, 5) is 11.9. The van der Waals surface area contributed by atoms with Crippen molar-refractivity contribution in [2.24, 2.45) is 0 Å². The zero-order chi connectivity index (χ0) is 13.9. The highest BCUT2D eigenvalue weighted by Crippen LogP contribution is 2.21. The lowest BCUT2D eigenvalue weighted by molar-refractivity contribution is 0.0232. The molecule has 1 aromatic rings. The van der Waals surface area contributed by atoms with Crippen LogP contribution in [0.1, 0.15) is 43.0 Å². The monoisotopic (exact) mass is 274 g/mol. The van der Waals surface area contributed by atoms with Gasteiger partial charge in [0.2, 0.25) is 0 Å². The molecule has 2 unspecified atom stereocenters. The molecule has 0 aromatic heterocycles. The van der Waals surface area contributed by atoms with E-state index in [9.17, 15) is 4.79 Å². The molecule has 4 nitrogen and oxygen atoms in total. The van der Waals surface area contributed by atoms with Crippen molar-refractivity contribution in [1.29, 1.82) is 0 Å². The van der Waals surface area contributed by atoms with E-state index in [4.69, 9.17) is 4.74 Å². The third-order valence-corrected chi connectivity index (χ3v) is 3.92. The van der Waals surface area contributed by atoms with E-state index >= 15 is 0 Å². The van der Waals surface area contributed by atoms with Gasteiger partial charge in [0.05, 0.1) is 6.10 Å². The number of benzene rings is 1. The number of ether oxygens (including phenoxy) is 1. The van der Waals surface area contributed by atoms with Crippen molar-refractivity contribution in [2.75, 3.05) is 11.9 Å². The molecule has 1 amide bonds. The average Bonchev–Trinajstić information content (AvgIpc) is 3.23. The molecule has 2 N–H and O–H groups in total. The van der Waals surface area contributed by atoms with Crippen molar-refractivity contribution in [3.05, 3.63) is 29.8 Å². The minimum Gasteiger partial charge on any atom is -0.382 e. The zero-order valence-electron chi connectivity index (χ0n) is 11.9. The van der Waals surface area contributed by atoms with E-state index < -0.39 is 0 Å². The van der Waals surface area contributed by atoms with Crippen LogP contribution in [0, 0.1) is 0 Å². The van der Waals surface area contributed by atoms with Gasteiger partial charge in [0.1, 0.15) is 0 Å². The minimum absolute atomic E-state index is 0.0405. The van der Waals surface area contributed by atoms with Gasteiger partial charge in [0.25, 0.3) is 5.91 Å². The van der Waals surface area contributed by atoms with Gasteiger partial charge in [0.15, 0.2) is 0 Å². The SMILES string of the molecule is CC1CC(Nc2ccc(C(=O)NC3CC3)cc2)CCO1. The van der Waals surface area contributed by atoms with Gasteiger partial charge in [-0.05, 0) is 56.9 Å². The third-order valence-electron chi connectivity index (χ3n) is 3.92. The smallest absolute Gasteiger partial charge is 0.251 e. The van der Waals surface area contributed by atoms with Crippen LogP contribution in [-0.4, -0.2) is 30.7 Å². The first-order valence-corrected chi connectivity index (χ1v) is 7.50. The van der Waals surface area contributed by atoms with Crippen LogP contribution >= 0.6 is 0 Å². The van der Waals surface area contributed by atoms with Gasteiger partial charge in [-0.25, -0.2) is 0 Å². The standard InChI is InChI=1S/C16H22N2O2/c1-11-10-15(8-9-20-11)17-13-4-2-12(3-5-13)16(19)18-14-6-7-14/h2-5,11,14-15,17H,6-10H2,1H3,(H,18,19). The number of hydrogen-bond acceptors (Lipinski definition) is 3. The van der Waals surface area contributed by atoms with E-state index in [0.717, 1.165) is 43.5 Å². The first-order valence-electron chi connectivity index (χ1n) is 7.50. The number of anilines is 1. The molecule has 4 heteroatoms. The fraction of sp³-hybridized carbons (Fsp3) is 0.562. The fourth-order valence-electron chi connectivity index (χ4n) is 2.58. The van der Waals surface area contributed by atoms with Gasteiger partial charge in [-0.2, -0.15) is 0 Å². The number of carbonyl (C=O) groups is 1. The molecule has 2 aliphatic rings. The van der Waals surface area contributed by atoms with Crippen molar-refractivity contribution < 1.29 is 9.53 Å². The zero-order valence-corrected chi connectivity index (χ0v) is 11.9. The molecule has 1 aliphatic carbocycles. The number of carbonyl (C=O) groups excluding carboxylic acids is 1. The molecule has 0 bridgehead atoms. The topological polar surface area (TPSA) is 50.4 Å².